The molecule has 1 saturated carbocycles. The number of nitrogens with one attached hydrogen (secondary N) is 1. The van der Waals surface area contributed by atoms with Crippen molar-refractivity contribution in [3.05, 3.63) is 52.7 Å². The van der Waals surface area contributed by atoms with Crippen LogP contribution in [0.1, 0.15) is 45.5 Å². The van der Waals surface area contributed by atoms with Crippen molar-refractivity contribution >= 4 is 5.91 Å². The maximum atomic E-state index is 12.7. The molecule has 3 N–H and O–H groups in total. The highest BCUT2D eigenvalue weighted by Crippen LogP contribution is 2.36. The lowest BCUT2D eigenvalue weighted by Crippen LogP contribution is -2.45. The number of hydrogen-bond acceptors (Lipinski definition) is 5. The van der Waals surface area contributed by atoms with E-state index in [1.165, 1.54) is 6.07 Å². The number of aliphatic hydroxyl groups excluding tert-OH is 2. The smallest absolute Gasteiger partial charge is 0.433 e. The number of amides is 1. The summed E-state index contributed by atoms with van der Waals surface area (Å²) in [7, 11) is 0. The first-order valence-corrected chi connectivity index (χ1v) is 8.35. The van der Waals surface area contributed by atoms with Crippen LogP contribution in [0, 0.1) is 13.8 Å². The molecule has 0 bridgehead atoms. The summed E-state index contributed by atoms with van der Waals surface area (Å²) in [5.74, 6) is -0.117. The van der Waals surface area contributed by atoms with Gasteiger partial charge in [0.1, 0.15) is 23.3 Å². The minimum Gasteiger partial charge on any atom is -0.466 e. The van der Waals surface area contributed by atoms with Crippen LogP contribution in [0.25, 0.3) is 0 Å². The van der Waals surface area contributed by atoms with Crippen LogP contribution in [-0.2, 0) is 6.18 Å². The van der Waals surface area contributed by atoms with Crippen molar-refractivity contribution in [3.63, 3.8) is 0 Å². The van der Waals surface area contributed by atoms with Gasteiger partial charge in [-0.05, 0) is 38.0 Å². The van der Waals surface area contributed by atoms with Crippen molar-refractivity contribution in [2.24, 2.45) is 0 Å². The van der Waals surface area contributed by atoms with Gasteiger partial charge in [-0.3, -0.25) is 9.78 Å². The normalized spacial score (nSPS) is 25.6. The molecule has 1 aliphatic rings. The molecule has 0 radical (unpaired) electrons. The fourth-order valence-corrected chi connectivity index (χ4v) is 3.43. The summed E-state index contributed by atoms with van der Waals surface area (Å²) in [6.07, 6.45) is -5.78. The molecular formula is C18H19F3N2O4. The van der Waals surface area contributed by atoms with E-state index in [1.54, 1.807) is 19.9 Å². The maximum absolute atomic E-state index is 12.7. The second-order valence-corrected chi connectivity index (χ2v) is 6.70. The number of aliphatic hydroxyl groups is 2. The number of aromatic nitrogens is 1. The highest BCUT2D eigenvalue weighted by molar-refractivity contribution is 5.95. The van der Waals surface area contributed by atoms with E-state index >= 15 is 0 Å². The maximum Gasteiger partial charge on any atom is 0.433 e. The first-order valence-electron chi connectivity index (χ1n) is 8.35. The van der Waals surface area contributed by atoms with Crippen LogP contribution in [0.3, 0.4) is 0 Å². The van der Waals surface area contributed by atoms with Crippen LogP contribution < -0.4 is 5.32 Å². The van der Waals surface area contributed by atoms with Gasteiger partial charge in [0.25, 0.3) is 5.91 Å². The molecule has 0 spiro atoms. The van der Waals surface area contributed by atoms with E-state index in [2.05, 4.69) is 10.3 Å². The van der Waals surface area contributed by atoms with Crippen molar-refractivity contribution in [2.45, 2.75) is 50.6 Å². The summed E-state index contributed by atoms with van der Waals surface area (Å²) < 4.78 is 43.4. The zero-order valence-electron chi connectivity index (χ0n) is 14.6. The molecule has 4 unspecified atom stereocenters. The number of rotatable bonds is 3. The SMILES string of the molecule is Cc1cc(C(=O)NC2C(c3ccc(C(F)(F)F)nc3)CC(O)C2O)c(C)o1. The molecule has 2 aromatic heterocycles. The Morgan fingerprint density at radius 1 is 1.30 bits per heavy atom. The molecular weight excluding hydrogens is 365 g/mol. The summed E-state index contributed by atoms with van der Waals surface area (Å²) in [5.41, 5.74) is -0.343. The summed E-state index contributed by atoms with van der Waals surface area (Å²) >= 11 is 0. The number of pyridine rings is 1. The Labute approximate surface area is 153 Å². The lowest BCUT2D eigenvalue weighted by Gasteiger charge is -2.23. The number of furan rings is 1. The molecule has 2 heterocycles. The standard InChI is InChI=1S/C18H19F3N2O4/c1-8-5-11(9(2)27-8)17(26)23-15-12(6-13(24)16(15)25)10-3-4-14(22-7-10)18(19,20)21/h3-5,7,12-13,15-16,24-25H,6H2,1-2H3,(H,23,26). The molecule has 1 fully saturated rings. The number of hydrogen-bond donors (Lipinski definition) is 3. The molecule has 9 heteroatoms. The van der Waals surface area contributed by atoms with Gasteiger partial charge in [0.05, 0.1) is 17.7 Å². The number of halogens is 3. The van der Waals surface area contributed by atoms with Crippen LogP contribution in [0.4, 0.5) is 13.2 Å². The van der Waals surface area contributed by atoms with Crippen molar-refractivity contribution in [3.8, 4) is 0 Å². The van der Waals surface area contributed by atoms with E-state index in [0.29, 0.717) is 22.6 Å². The Balaban J connectivity index is 1.84. The fraction of sp³-hybridized carbons (Fsp3) is 0.444. The first kappa shape index (κ1) is 19.4. The molecule has 2 aromatic rings. The molecule has 0 aliphatic heterocycles. The summed E-state index contributed by atoms with van der Waals surface area (Å²) in [6.45, 7) is 3.31. The van der Waals surface area contributed by atoms with Gasteiger partial charge >= 0.3 is 6.18 Å². The van der Waals surface area contributed by atoms with E-state index in [0.717, 1.165) is 12.3 Å². The van der Waals surface area contributed by atoms with Crippen molar-refractivity contribution < 1.29 is 32.6 Å². The van der Waals surface area contributed by atoms with Gasteiger partial charge in [0.15, 0.2) is 0 Å². The molecule has 1 amide bonds. The fourth-order valence-electron chi connectivity index (χ4n) is 3.43. The summed E-state index contributed by atoms with van der Waals surface area (Å²) in [4.78, 5) is 15.9. The molecule has 0 aromatic carbocycles. The third-order valence-electron chi connectivity index (χ3n) is 4.78. The number of carbonyl (C=O) groups is 1. The molecule has 1 aliphatic carbocycles. The molecule has 146 valence electrons. The van der Waals surface area contributed by atoms with Crippen LogP contribution in [0.5, 0.6) is 0 Å². The van der Waals surface area contributed by atoms with Gasteiger partial charge in [-0.25, -0.2) is 0 Å². The predicted molar refractivity (Wildman–Crippen MR) is 88.0 cm³/mol. The molecule has 0 saturated heterocycles. The van der Waals surface area contributed by atoms with Gasteiger partial charge in [-0.2, -0.15) is 13.2 Å². The van der Waals surface area contributed by atoms with E-state index in [4.69, 9.17) is 4.42 Å². The average Bonchev–Trinajstić information content (AvgIpc) is 3.07. The van der Waals surface area contributed by atoms with E-state index in [1.807, 2.05) is 0 Å². The second-order valence-electron chi connectivity index (χ2n) is 6.70. The van der Waals surface area contributed by atoms with Gasteiger partial charge < -0.3 is 19.9 Å². The second kappa shape index (κ2) is 6.97. The zero-order chi connectivity index (χ0) is 19.9. The lowest BCUT2D eigenvalue weighted by molar-refractivity contribution is -0.141. The number of alkyl halides is 3. The number of nitrogens with zero attached hydrogens (tertiary/aromatic N) is 1. The van der Waals surface area contributed by atoms with Crippen LogP contribution in [-0.4, -0.2) is 39.4 Å². The van der Waals surface area contributed by atoms with Gasteiger partial charge in [0, 0.05) is 12.1 Å². The molecule has 4 atom stereocenters. The lowest BCUT2D eigenvalue weighted by atomic mass is 9.94. The Kier molecular flexibility index (Phi) is 5.00. The number of aryl methyl sites for hydroxylation is 2. The summed E-state index contributed by atoms with van der Waals surface area (Å²) in [5, 5.41) is 22.9. The van der Waals surface area contributed by atoms with Crippen molar-refractivity contribution in [2.75, 3.05) is 0 Å². The first-order chi connectivity index (χ1) is 12.6. The van der Waals surface area contributed by atoms with Gasteiger partial charge in [0.2, 0.25) is 0 Å². The van der Waals surface area contributed by atoms with E-state index in [9.17, 15) is 28.2 Å². The van der Waals surface area contributed by atoms with Crippen LogP contribution >= 0.6 is 0 Å². The van der Waals surface area contributed by atoms with Gasteiger partial charge in [-0.1, -0.05) is 6.07 Å². The minimum absolute atomic E-state index is 0.0859. The highest BCUT2D eigenvalue weighted by atomic mass is 19.4. The highest BCUT2D eigenvalue weighted by Gasteiger charge is 2.44. The van der Waals surface area contributed by atoms with Crippen molar-refractivity contribution in [1.29, 1.82) is 0 Å². The molecule has 27 heavy (non-hydrogen) atoms. The number of carbonyl (C=O) groups excluding carboxylic acids is 1. The van der Waals surface area contributed by atoms with Crippen molar-refractivity contribution in [1.82, 2.24) is 10.3 Å². The third-order valence-corrected chi connectivity index (χ3v) is 4.78. The largest absolute Gasteiger partial charge is 0.466 e. The molecule has 3 rings (SSSR count). The summed E-state index contributed by atoms with van der Waals surface area (Å²) in [6, 6.07) is 2.77. The predicted octanol–water partition coefficient (Wildman–Crippen LogP) is 2.32. The molecule has 6 nitrogen and oxygen atoms in total. The quantitative estimate of drug-likeness (QED) is 0.755. The topological polar surface area (TPSA) is 95.6 Å². The van der Waals surface area contributed by atoms with Crippen LogP contribution in [0.2, 0.25) is 0 Å². The third kappa shape index (κ3) is 3.84. The van der Waals surface area contributed by atoms with Crippen LogP contribution in [0.15, 0.2) is 28.8 Å². The Hall–Kier alpha value is -2.39. The average molecular weight is 384 g/mol. The Morgan fingerprint density at radius 2 is 2.00 bits per heavy atom. The Morgan fingerprint density at radius 3 is 2.52 bits per heavy atom. The Bertz CT molecular complexity index is 832. The van der Waals surface area contributed by atoms with E-state index in [-0.39, 0.29) is 6.42 Å². The van der Waals surface area contributed by atoms with E-state index < -0.39 is 41.9 Å². The van der Waals surface area contributed by atoms with Gasteiger partial charge in [-0.15, -0.1) is 0 Å². The minimum atomic E-state index is -4.56. The monoisotopic (exact) mass is 384 g/mol. The zero-order valence-corrected chi connectivity index (χ0v) is 14.6.